The van der Waals surface area contributed by atoms with E-state index in [1.54, 1.807) is 24.3 Å². The van der Waals surface area contributed by atoms with Gasteiger partial charge in [0.05, 0.1) is 24.8 Å². The maximum atomic E-state index is 12.0. The fourth-order valence-electron chi connectivity index (χ4n) is 2.59. The number of esters is 1. The average Bonchev–Trinajstić information content (AvgIpc) is 2.65. The molecule has 0 aromatic heterocycles. The van der Waals surface area contributed by atoms with E-state index in [0.717, 1.165) is 5.56 Å². The molecule has 136 valence electrons. The highest BCUT2D eigenvalue weighted by atomic mass is 16.5. The first-order chi connectivity index (χ1) is 12.5. The molecule has 2 aromatic rings. The number of nitrogens with one attached hydrogen (secondary N) is 1. The Bertz CT molecular complexity index is 774. The molecule has 0 atom stereocenters. The van der Waals surface area contributed by atoms with Crippen LogP contribution in [0.2, 0.25) is 0 Å². The standard InChI is InChI=1S/C20H22N2O4/c1-15(23)22(18-11-7-6-10-17(18)20(25)26-2)13-12-21-19(24)14-16-8-4-3-5-9-16/h3-11H,12-14H2,1-2H3,(H,21,24). The highest BCUT2D eigenvalue weighted by Gasteiger charge is 2.19. The maximum absolute atomic E-state index is 12.0. The maximum Gasteiger partial charge on any atom is 0.339 e. The minimum atomic E-state index is -0.514. The van der Waals surface area contributed by atoms with Gasteiger partial charge in [-0.25, -0.2) is 4.79 Å². The monoisotopic (exact) mass is 354 g/mol. The Morgan fingerprint density at radius 1 is 1.00 bits per heavy atom. The molecule has 0 aliphatic heterocycles. The van der Waals surface area contributed by atoms with E-state index in [0.29, 0.717) is 11.3 Å². The van der Waals surface area contributed by atoms with Gasteiger partial charge in [0.2, 0.25) is 11.8 Å². The van der Waals surface area contributed by atoms with E-state index >= 15 is 0 Å². The normalized spacial score (nSPS) is 10.1. The van der Waals surface area contributed by atoms with E-state index < -0.39 is 5.97 Å². The molecule has 0 saturated carbocycles. The quantitative estimate of drug-likeness (QED) is 0.774. The van der Waals surface area contributed by atoms with Crippen molar-refractivity contribution in [3.05, 3.63) is 65.7 Å². The molecule has 0 unspecified atom stereocenters. The summed E-state index contributed by atoms with van der Waals surface area (Å²) in [6, 6.07) is 16.1. The van der Waals surface area contributed by atoms with Gasteiger partial charge in [-0.3, -0.25) is 9.59 Å². The Labute approximate surface area is 152 Å². The molecule has 2 rings (SSSR count). The Morgan fingerprint density at radius 3 is 2.31 bits per heavy atom. The number of para-hydroxylation sites is 1. The smallest absolute Gasteiger partial charge is 0.339 e. The van der Waals surface area contributed by atoms with Crippen LogP contribution in [0.25, 0.3) is 0 Å². The van der Waals surface area contributed by atoms with Gasteiger partial charge in [0, 0.05) is 20.0 Å². The van der Waals surface area contributed by atoms with E-state index in [2.05, 4.69) is 5.32 Å². The third-order valence-electron chi connectivity index (χ3n) is 3.85. The number of hydrogen-bond donors (Lipinski definition) is 1. The zero-order valence-corrected chi connectivity index (χ0v) is 14.9. The number of rotatable bonds is 7. The first-order valence-electron chi connectivity index (χ1n) is 8.29. The van der Waals surface area contributed by atoms with Crippen molar-refractivity contribution in [1.82, 2.24) is 5.32 Å². The lowest BCUT2D eigenvalue weighted by atomic mass is 10.1. The van der Waals surface area contributed by atoms with Crippen LogP contribution in [0.5, 0.6) is 0 Å². The molecule has 26 heavy (non-hydrogen) atoms. The molecule has 2 aromatic carbocycles. The lowest BCUT2D eigenvalue weighted by molar-refractivity contribution is -0.121. The Kier molecular flexibility index (Phi) is 6.91. The molecule has 0 aliphatic carbocycles. The van der Waals surface area contributed by atoms with Crippen LogP contribution in [0.3, 0.4) is 0 Å². The Morgan fingerprint density at radius 2 is 1.65 bits per heavy atom. The summed E-state index contributed by atoms with van der Waals surface area (Å²) in [6.07, 6.45) is 0.277. The van der Waals surface area contributed by atoms with Crippen molar-refractivity contribution < 1.29 is 19.1 Å². The number of hydrogen-bond acceptors (Lipinski definition) is 4. The van der Waals surface area contributed by atoms with Crippen LogP contribution in [0.4, 0.5) is 5.69 Å². The lowest BCUT2D eigenvalue weighted by Gasteiger charge is -2.23. The predicted molar refractivity (Wildman–Crippen MR) is 99.0 cm³/mol. The van der Waals surface area contributed by atoms with Crippen molar-refractivity contribution in [2.24, 2.45) is 0 Å². The number of anilines is 1. The summed E-state index contributed by atoms with van der Waals surface area (Å²) in [7, 11) is 1.29. The molecule has 0 spiro atoms. The van der Waals surface area contributed by atoms with Crippen molar-refractivity contribution in [2.45, 2.75) is 13.3 Å². The van der Waals surface area contributed by atoms with Crippen molar-refractivity contribution >= 4 is 23.5 Å². The van der Waals surface area contributed by atoms with Crippen molar-refractivity contribution in [3.8, 4) is 0 Å². The fraction of sp³-hybridized carbons (Fsp3) is 0.250. The zero-order chi connectivity index (χ0) is 18.9. The van der Waals surface area contributed by atoms with Crippen molar-refractivity contribution in [2.75, 3.05) is 25.1 Å². The number of methoxy groups -OCH3 is 1. The minimum absolute atomic E-state index is 0.124. The van der Waals surface area contributed by atoms with Crippen LogP contribution < -0.4 is 10.2 Å². The van der Waals surface area contributed by atoms with Crippen molar-refractivity contribution in [1.29, 1.82) is 0 Å². The van der Waals surface area contributed by atoms with Gasteiger partial charge < -0.3 is 15.0 Å². The molecule has 0 radical (unpaired) electrons. The molecule has 0 bridgehead atoms. The van der Waals surface area contributed by atoms with E-state index in [1.807, 2.05) is 30.3 Å². The summed E-state index contributed by atoms with van der Waals surface area (Å²) < 4.78 is 4.77. The van der Waals surface area contributed by atoms with Gasteiger partial charge in [-0.2, -0.15) is 0 Å². The summed E-state index contributed by atoms with van der Waals surface area (Å²) in [6.45, 7) is 1.95. The van der Waals surface area contributed by atoms with Crippen molar-refractivity contribution in [3.63, 3.8) is 0 Å². The Hall–Kier alpha value is -3.15. The van der Waals surface area contributed by atoms with Gasteiger partial charge in [-0.05, 0) is 17.7 Å². The van der Waals surface area contributed by atoms with Crippen LogP contribution in [-0.2, 0) is 20.7 Å². The lowest BCUT2D eigenvalue weighted by Crippen LogP contribution is -2.38. The number of ether oxygens (including phenoxy) is 1. The summed E-state index contributed by atoms with van der Waals surface area (Å²) >= 11 is 0. The third-order valence-corrected chi connectivity index (χ3v) is 3.85. The predicted octanol–water partition coefficient (Wildman–Crippen LogP) is 2.18. The van der Waals surface area contributed by atoms with Crippen LogP contribution in [0, 0.1) is 0 Å². The fourth-order valence-corrected chi connectivity index (χ4v) is 2.59. The molecule has 0 fully saturated rings. The molecular formula is C20H22N2O4. The van der Waals surface area contributed by atoms with E-state index in [1.165, 1.54) is 18.9 Å². The zero-order valence-electron chi connectivity index (χ0n) is 14.9. The topological polar surface area (TPSA) is 75.7 Å². The minimum Gasteiger partial charge on any atom is -0.465 e. The third kappa shape index (κ3) is 5.17. The summed E-state index contributed by atoms with van der Waals surface area (Å²) in [5.41, 5.74) is 1.69. The second-order valence-corrected chi connectivity index (χ2v) is 5.69. The number of amides is 2. The van der Waals surface area contributed by atoms with E-state index in [9.17, 15) is 14.4 Å². The van der Waals surface area contributed by atoms with Gasteiger partial charge in [0.1, 0.15) is 0 Å². The van der Waals surface area contributed by atoms with Crippen LogP contribution in [-0.4, -0.2) is 38.0 Å². The van der Waals surface area contributed by atoms with Crippen LogP contribution in [0.15, 0.2) is 54.6 Å². The highest BCUT2D eigenvalue weighted by molar-refractivity contribution is 6.01. The Balaban J connectivity index is 2.00. The van der Waals surface area contributed by atoms with E-state index in [-0.39, 0.29) is 31.3 Å². The molecule has 0 saturated heterocycles. The highest BCUT2D eigenvalue weighted by Crippen LogP contribution is 2.21. The molecule has 6 nitrogen and oxygen atoms in total. The molecule has 0 heterocycles. The SMILES string of the molecule is COC(=O)c1ccccc1N(CCNC(=O)Cc1ccccc1)C(C)=O. The largest absolute Gasteiger partial charge is 0.465 e. The summed E-state index contributed by atoms with van der Waals surface area (Å²) in [5.74, 6) is -0.862. The van der Waals surface area contributed by atoms with Gasteiger partial charge >= 0.3 is 5.97 Å². The first kappa shape index (κ1) is 19.2. The van der Waals surface area contributed by atoms with E-state index in [4.69, 9.17) is 4.74 Å². The van der Waals surface area contributed by atoms with Gasteiger partial charge in [0.25, 0.3) is 0 Å². The second kappa shape index (κ2) is 9.36. The second-order valence-electron chi connectivity index (χ2n) is 5.69. The van der Waals surface area contributed by atoms with Gasteiger partial charge in [-0.1, -0.05) is 42.5 Å². The molecule has 1 N–H and O–H groups in total. The molecular weight excluding hydrogens is 332 g/mol. The number of carbonyl (C=O) groups is 3. The molecule has 2 amide bonds. The van der Waals surface area contributed by atoms with Gasteiger partial charge in [-0.15, -0.1) is 0 Å². The summed E-state index contributed by atoms with van der Waals surface area (Å²) in [4.78, 5) is 37.4. The average molecular weight is 354 g/mol. The number of nitrogens with zero attached hydrogens (tertiary/aromatic N) is 1. The van der Waals surface area contributed by atoms with Gasteiger partial charge in [0.15, 0.2) is 0 Å². The number of carbonyl (C=O) groups excluding carboxylic acids is 3. The first-order valence-corrected chi connectivity index (χ1v) is 8.29. The number of benzene rings is 2. The van der Waals surface area contributed by atoms with Crippen LogP contribution in [0.1, 0.15) is 22.8 Å². The van der Waals surface area contributed by atoms with Crippen LogP contribution >= 0.6 is 0 Å². The molecule has 0 aliphatic rings. The summed E-state index contributed by atoms with van der Waals surface area (Å²) in [5, 5.41) is 2.80. The molecule has 6 heteroatoms.